The molecule has 1 saturated heterocycles. The molecule has 0 aromatic heterocycles. The minimum absolute atomic E-state index is 0.222. The maximum Gasteiger partial charge on any atom is 0.236 e. The molecule has 122 valence electrons. The van der Waals surface area contributed by atoms with Gasteiger partial charge in [-0.1, -0.05) is 30.7 Å². The first-order chi connectivity index (χ1) is 10.5. The Bertz CT molecular complexity index is 464. The third-order valence-electron chi connectivity index (χ3n) is 4.17. The van der Waals surface area contributed by atoms with E-state index in [1.165, 1.54) is 30.4 Å². The van der Waals surface area contributed by atoms with E-state index in [9.17, 15) is 4.79 Å². The number of likely N-dealkylation sites (N-methyl/N-ethyl adjacent to an activating group) is 1. The monoisotopic (exact) mass is 303 g/mol. The van der Waals surface area contributed by atoms with Gasteiger partial charge in [0.15, 0.2) is 0 Å². The van der Waals surface area contributed by atoms with Crippen LogP contribution in [0.1, 0.15) is 30.4 Å². The molecule has 0 atom stereocenters. The number of hydrogen-bond donors (Lipinski definition) is 0. The molecule has 0 bridgehead atoms. The van der Waals surface area contributed by atoms with Crippen molar-refractivity contribution < 1.29 is 4.79 Å². The van der Waals surface area contributed by atoms with E-state index in [0.717, 1.165) is 19.6 Å². The number of rotatable bonds is 6. The molecule has 1 aliphatic heterocycles. The zero-order chi connectivity index (χ0) is 15.9. The lowest BCUT2D eigenvalue weighted by atomic mass is 10.1. The third kappa shape index (κ3) is 5.43. The van der Waals surface area contributed by atoms with E-state index in [-0.39, 0.29) is 5.91 Å². The lowest BCUT2D eigenvalue weighted by molar-refractivity contribution is -0.131. The molecule has 0 spiro atoms. The van der Waals surface area contributed by atoms with Gasteiger partial charge in [0.05, 0.1) is 6.54 Å². The number of carbonyl (C=O) groups excluding carboxylic acids is 1. The van der Waals surface area contributed by atoms with E-state index < -0.39 is 0 Å². The molecule has 22 heavy (non-hydrogen) atoms. The molecule has 0 N–H and O–H groups in total. The second-order valence-corrected chi connectivity index (χ2v) is 6.64. The Morgan fingerprint density at radius 1 is 0.955 bits per heavy atom. The highest BCUT2D eigenvalue weighted by molar-refractivity contribution is 5.78. The Kier molecular flexibility index (Phi) is 6.40. The minimum atomic E-state index is 0.222. The summed E-state index contributed by atoms with van der Waals surface area (Å²) in [4.78, 5) is 18.6. The summed E-state index contributed by atoms with van der Waals surface area (Å²) in [5.74, 6) is 0.222. The van der Waals surface area contributed by atoms with Crippen molar-refractivity contribution in [3.8, 4) is 0 Å². The van der Waals surface area contributed by atoms with E-state index in [1.54, 1.807) is 0 Å². The first-order valence-corrected chi connectivity index (χ1v) is 8.23. The lowest BCUT2D eigenvalue weighted by Gasteiger charge is -2.28. The lowest BCUT2D eigenvalue weighted by Crippen LogP contribution is -2.40. The maximum atomic E-state index is 12.3. The summed E-state index contributed by atoms with van der Waals surface area (Å²) >= 11 is 0. The highest BCUT2D eigenvalue weighted by Crippen LogP contribution is 2.11. The second kappa shape index (κ2) is 8.30. The summed E-state index contributed by atoms with van der Waals surface area (Å²) in [6, 6.07) is 8.56. The molecule has 4 heteroatoms. The van der Waals surface area contributed by atoms with Crippen LogP contribution in [0.3, 0.4) is 0 Å². The Labute approximate surface area is 134 Å². The normalized spacial score (nSPS) is 16.0. The van der Waals surface area contributed by atoms with Crippen molar-refractivity contribution in [2.75, 3.05) is 40.8 Å². The molecule has 2 rings (SSSR count). The fourth-order valence-corrected chi connectivity index (χ4v) is 2.91. The molecule has 1 fully saturated rings. The Morgan fingerprint density at radius 3 is 2.05 bits per heavy atom. The van der Waals surface area contributed by atoms with Gasteiger partial charge in [-0.2, -0.15) is 0 Å². The molecule has 1 heterocycles. The fourth-order valence-electron chi connectivity index (χ4n) is 2.91. The van der Waals surface area contributed by atoms with Crippen LogP contribution < -0.4 is 0 Å². The largest absolute Gasteiger partial charge is 0.340 e. The molecular formula is C18H29N3O. The summed E-state index contributed by atoms with van der Waals surface area (Å²) < 4.78 is 0. The Morgan fingerprint density at radius 2 is 1.50 bits per heavy atom. The summed E-state index contributed by atoms with van der Waals surface area (Å²) in [5.41, 5.74) is 2.49. The number of amides is 1. The number of likely N-dealkylation sites (tertiary alicyclic amines) is 1. The number of benzene rings is 1. The standard InChI is InChI=1S/C18H29N3O/c1-19(2)13-16-7-9-17(10-8-16)14-20(3)18(22)15-21-11-5-4-6-12-21/h7-10H,4-6,11-15H2,1-3H3. The van der Waals surface area contributed by atoms with E-state index in [0.29, 0.717) is 13.1 Å². The van der Waals surface area contributed by atoms with Crippen molar-refractivity contribution in [2.45, 2.75) is 32.4 Å². The predicted octanol–water partition coefficient (Wildman–Crippen LogP) is 2.19. The van der Waals surface area contributed by atoms with Crippen molar-refractivity contribution in [1.82, 2.24) is 14.7 Å². The van der Waals surface area contributed by atoms with Gasteiger partial charge < -0.3 is 9.80 Å². The van der Waals surface area contributed by atoms with Crippen molar-refractivity contribution in [3.05, 3.63) is 35.4 Å². The summed E-state index contributed by atoms with van der Waals surface area (Å²) in [6.45, 7) is 4.34. The molecule has 1 aromatic rings. The molecule has 1 aliphatic rings. The van der Waals surface area contributed by atoms with E-state index >= 15 is 0 Å². The van der Waals surface area contributed by atoms with Crippen molar-refractivity contribution >= 4 is 5.91 Å². The van der Waals surface area contributed by atoms with Crippen LogP contribution in [0.4, 0.5) is 0 Å². The molecule has 4 nitrogen and oxygen atoms in total. The van der Waals surface area contributed by atoms with Gasteiger partial charge in [0.2, 0.25) is 5.91 Å². The number of nitrogens with zero attached hydrogens (tertiary/aromatic N) is 3. The van der Waals surface area contributed by atoms with Gasteiger partial charge in [0.1, 0.15) is 0 Å². The molecule has 1 aromatic carbocycles. The zero-order valence-corrected chi connectivity index (χ0v) is 14.2. The quantitative estimate of drug-likeness (QED) is 0.806. The second-order valence-electron chi connectivity index (χ2n) is 6.64. The topological polar surface area (TPSA) is 26.8 Å². The zero-order valence-electron chi connectivity index (χ0n) is 14.2. The Hall–Kier alpha value is -1.39. The van der Waals surface area contributed by atoms with Gasteiger partial charge in [-0.05, 0) is 51.2 Å². The number of piperidine rings is 1. The summed E-state index contributed by atoms with van der Waals surface area (Å²) in [6.07, 6.45) is 3.76. The molecule has 0 saturated carbocycles. The van der Waals surface area contributed by atoms with E-state index in [4.69, 9.17) is 0 Å². The highest BCUT2D eigenvalue weighted by Gasteiger charge is 2.16. The van der Waals surface area contributed by atoms with Crippen LogP contribution in [-0.2, 0) is 17.9 Å². The average Bonchev–Trinajstić information content (AvgIpc) is 2.49. The van der Waals surface area contributed by atoms with Crippen LogP contribution in [0.15, 0.2) is 24.3 Å². The van der Waals surface area contributed by atoms with Crippen LogP contribution in [0.25, 0.3) is 0 Å². The van der Waals surface area contributed by atoms with E-state index in [2.05, 4.69) is 48.2 Å². The van der Waals surface area contributed by atoms with Gasteiger partial charge >= 0.3 is 0 Å². The van der Waals surface area contributed by atoms with Crippen LogP contribution >= 0.6 is 0 Å². The summed E-state index contributed by atoms with van der Waals surface area (Å²) in [5, 5.41) is 0. The average molecular weight is 303 g/mol. The molecular weight excluding hydrogens is 274 g/mol. The van der Waals surface area contributed by atoms with Crippen molar-refractivity contribution in [1.29, 1.82) is 0 Å². The van der Waals surface area contributed by atoms with Gasteiger partial charge in [0.25, 0.3) is 0 Å². The van der Waals surface area contributed by atoms with Gasteiger partial charge in [0, 0.05) is 20.1 Å². The predicted molar refractivity (Wildman–Crippen MR) is 90.6 cm³/mol. The molecule has 0 radical (unpaired) electrons. The van der Waals surface area contributed by atoms with Crippen LogP contribution in [0.5, 0.6) is 0 Å². The van der Waals surface area contributed by atoms with Gasteiger partial charge in [-0.15, -0.1) is 0 Å². The first kappa shape index (κ1) is 17.0. The van der Waals surface area contributed by atoms with Crippen LogP contribution in [0, 0.1) is 0 Å². The van der Waals surface area contributed by atoms with Gasteiger partial charge in [-0.3, -0.25) is 9.69 Å². The minimum Gasteiger partial charge on any atom is -0.340 e. The van der Waals surface area contributed by atoms with Gasteiger partial charge in [-0.25, -0.2) is 0 Å². The van der Waals surface area contributed by atoms with E-state index in [1.807, 2.05) is 11.9 Å². The first-order valence-electron chi connectivity index (χ1n) is 8.23. The highest BCUT2D eigenvalue weighted by atomic mass is 16.2. The van der Waals surface area contributed by atoms with Crippen molar-refractivity contribution in [3.63, 3.8) is 0 Å². The number of hydrogen-bond acceptors (Lipinski definition) is 3. The smallest absolute Gasteiger partial charge is 0.236 e. The van der Waals surface area contributed by atoms with Crippen LogP contribution in [0.2, 0.25) is 0 Å². The van der Waals surface area contributed by atoms with Crippen molar-refractivity contribution in [2.24, 2.45) is 0 Å². The summed E-state index contributed by atoms with van der Waals surface area (Å²) in [7, 11) is 6.04. The maximum absolute atomic E-state index is 12.3. The third-order valence-corrected chi connectivity index (χ3v) is 4.17. The fraction of sp³-hybridized carbons (Fsp3) is 0.611. The molecule has 0 aliphatic carbocycles. The Balaban J connectivity index is 1.82. The van der Waals surface area contributed by atoms with Crippen LogP contribution in [-0.4, -0.2) is 61.4 Å². The SMILES string of the molecule is CN(C)Cc1ccc(CN(C)C(=O)CN2CCCCC2)cc1. The molecule has 1 amide bonds. The molecule has 0 unspecified atom stereocenters. The number of carbonyl (C=O) groups is 1.